The summed E-state index contributed by atoms with van der Waals surface area (Å²) >= 11 is 1.39. The summed E-state index contributed by atoms with van der Waals surface area (Å²) in [6, 6.07) is 8.28. The van der Waals surface area contributed by atoms with E-state index >= 15 is 0 Å². The lowest BCUT2D eigenvalue weighted by atomic mass is 10.1. The molecule has 4 aromatic rings. The van der Waals surface area contributed by atoms with Crippen LogP contribution in [0.5, 0.6) is 11.5 Å². The predicted octanol–water partition coefficient (Wildman–Crippen LogP) is 6.55. The van der Waals surface area contributed by atoms with Crippen molar-refractivity contribution in [2.75, 3.05) is 0 Å². The van der Waals surface area contributed by atoms with Crippen molar-refractivity contribution in [3.63, 3.8) is 0 Å². The summed E-state index contributed by atoms with van der Waals surface area (Å²) in [5, 5.41) is 1.31. The van der Waals surface area contributed by atoms with Gasteiger partial charge in [-0.25, -0.2) is 9.37 Å². The number of fused-ring (bicyclic) bond motifs is 2. The minimum Gasteiger partial charge on any atom is -0.487 e. The van der Waals surface area contributed by atoms with Crippen LogP contribution >= 0.6 is 11.3 Å². The molecule has 0 amide bonds. The van der Waals surface area contributed by atoms with Crippen molar-refractivity contribution < 1.29 is 22.6 Å². The van der Waals surface area contributed by atoms with Crippen LogP contribution in [0, 0.1) is 19.2 Å². The molecule has 155 valence electrons. The molecule has 2 aromatic carbocycles. The molecular weight excluding hydrogens is 413 g/mol. The van der Waals surface area contributed by atoms with Crippen LogP contribution in [0.25, 0.3) is 31.7 Å². The summed E-state index contributed by atoms with van der Waals surface area (Å²) in [4.78, 5) is 8.88. The third kappa shape index (κ3) is 4.05. The average Bonchev–Trinajstić information content (AvgIpc) is 3.09. The monoisotopic (exact) mass is 431 g/mol. The van der Waals surface area contributed by atoms with Gasteiger partial charge >= 0.3 is 6.61 Å². The zero-order chi connectivity index (χ0) is 21.4. The fourth-order valence-corrected chi connectivity index (χ4v) is 4.11. The Bertz CT molecular complexity index is 1230. The van der Waals surface area contributed by atoms with Crippen LogP contribution in [-0.4, -0.2) is 22.7 Å². The molecule has 1 atom stereocenters. The van der Waals surface area contributed by atoms with Gasteiger partial charge in [0.25, 0.3) is 0 Å². The van der Waals surface area contributed by atoms with E-state index in [0.29, 0.717) is 21.4 Å². The molecule has 0 bridgehead atoms. The fraction of sp³-hybridized carbons (Fsp3) is 0.227. The molecule has 1 radical (unpaired) electrons. The van der Waals surface area contributed by atoms with Crippen LogP contribution < -0.4 is 9.47 Å². The van der Waals surface area contributed by atoms with Crippen molar-refractivity contribution in [3.05, 3.63) is 54.3 Å². The average molecular weight is 431 g/mol. The van der Waals surface area contributed by atoms with E-state index in [1.807, 2.05) is 39.3 Å². The van der Waals surface area contributed by atoms with Crippen LogP contribution in [0.4, 0.5) is 13.2 Å². The number of nitrogens with zero attached hydrogens (tertiary/aromatic N) is 2. The van der Waals surface area contributed by atoms with Gasteiger partial charge < -0.3 is 9.47 Å². The number of thiazole rings is 1. The lowest BCUT2D eigenvalue weighted by Crippen LogP contribution is -2.11. The van der Waals surface area contributed by atoms with Gasteiger partial charge in [0, 0.05) is 23.1 Å². The number of alkyl halides is 2. The van der Waals surface area contributed by atoms with Crippen LogP contribution in [0.3, 0.4) is 0 Å². The lowest BCUT2D eigenvalue weighted by Gasteiger charge is -2.12. The Hall–Kier alpha value is -2.87. The first-order valence-corrected chi connectivity index (χ1v) is 10.1. The summed E-state index contributed by atoms with van der Waals surface area (Å²) in [6.07, 6.45) is 2.87. The molecule has 2 aromatic heterocycles. The molecule has 2 heterocycles. The Balaban J connectivity index is 1.81. The maximum atomic E-state index is 14.4. The third-order valence-corrected chi connectivity index (χ3v) is 5.63. The predicted molar refractivity (Wildman–Crippen MR) is 112 cm³/mol. The van der Waals surface area contributed by atoms with Gasteiger partial charge in [-0.3, -0.25) is 4.98 Å². The van der Waals surface area contributed by atoms with Crippen LogP contribution in [0.15, 0.2) is 36.5 Å². The van der Waals surface area contributed by atoms with E-state index in [9.17, 15) is 13.2 Å². The smallest absolute Gasteiger partial charge is 0.387 e. The summed E-state index contributed by atoms with van der Waals surface area (Å²) in [7, 11) is 0. The number of benzene rings is 2. The number of ether oxygens (including phenoxy) is 2. The molecule has 0 saturated heterocycles. The van der Waals surface area contributed by atoms with Gasteiger partial charge in [0.2, 0.25) is 0 Å². The van der Waals surface area contributed by atoms with Crippen LogP contribution in [0.1, 0.15) is 19.4 Å². The van der Waals surface area contributed by atoms with Crippen molar-refractivity contribution in [3.8, 4) is 22.1 Å². The molecule has 30 heavy (non-hydrogen) atoms. The number of aromatic nitrogens is 2. The topological polar surface area (TPSA) is 44.2 Å². The Morgan fingerprint density at radius 2 is 1.90 bits per heavy atom. The molecule has 0 unspecified atom stereocenters. The Morgan fingerprint density at radius 1 is 1.10 bits per heavy atom. The molecule has 4 rings (SSSR count). The first kappa shape index (κ1) is 20.4. The second-order valence-electron chi connectivity index (χ2n) is 6.86. The second kappa shape index (κ2) is 8.10. The Morgan fingerprint density at radius 3 is 2.63 bits per heavy atom. The molecule has 0 aliphatic heterocycles. The molecule has 0 fully saturated rings. The standard InChI is InChI=1S/C22H18F3N2O2S/c1-4-12(3)28-18-9-19-17(8-16(18)23)27-21(30-19)15-6-11(2)5-13-7-14(29-22(24)25)10-26-20(13)15/h4-10,12,22H,1-3H3/t12-/m0/s1. The lowest BCUT2D eigenvalue weighted by molar-refractivity contribution is -0.0499. The van der Waals surface area contributed by atoms with Gasteiger partial charge in [-0.15, -0.1) is 11.3 Å². The molecule has 0 aliphatic rings. The molecule has 0 aliphatic carbocycles. The fourth-order valence-electron chi connectivity index (χ4n) is 3.11. The van der Waals surface area contributed by atoms with Gasteiger partial charge in [-0.05, 0) is 44.0 Å². The number of hydrogen-bond donors (Lipinski definition) is 0. The molecule has 0 N–H and O–H groups in total. The van der Waals surface area contributed by atoms with Crippen LogP contribution in [-0.2, 0) is 0 Å². The summed E-state index contributed by atoms with van der Waals surface area (Å²) in [6.45, 7) is 2.65. The molecule has 0 saturated carbocycles. The van der Waals surface area contributed by atoms with E-state index in [0.717, 1.165) is 15.8 Å². The number of halogens is 3. The van der Waals surface area contributed by atoms with Crippen molar-refractivity contribution >= 4 is 32.5 Å². The molecule has 8 heteroatoms. The highest BCUT2D eigenvalue weighted by atomic mass is 32.1. The zero-order valence-corrected chi connectivity index (χ0v) is 17.3. The number of hydrogen-bond acceptors (Lipinski definition) is 5. The quantitative estimate of drug-likeness (QED) is 0.347. The summed E-state index contributed by atoms with van der Waals surface area (Å²) < 4.78 is 50.3. The first-order chi connectivity index (χ1) is 14.3. The van der Waals surface area contributed by atoms with E-state index in [1.165, 1.54) is 29.7 Å². The minimum absolute atomic E-state index is 0.0101. The van der Waals surface area contributed by atoms with Gasteiger partial charge in [0.1, 0.15) is 10.8 Å². The van der Waals surface area contributed by atoms with Crippen LogP contribution in [0.2, 0.25) is 0 Å². The number of rotatable bonds is 6. The highest BCUT2D eigenvalue weighted by molar-refractivity contribution is 7.21. The largest absolute Gasteiger partial charge is 0.487 e. The normalized spacial score (nSPS) is 12.6. The van der Waals surface area contributed by atoms with Crippen molar-refractivity contribution in [1.29, 1.82) is 0 Å². The number of aryl methyl sites for hydroxylation is 1. The Kier molecular flexibility index (Phi) is 5.51. The highest BCUT2D eigenvalue weighted by Crippen LogP contribution is 2.37. The highest BCUT2D eigenvalue weighted by Gasteiger charge is 2.16. The maximum absolute atomic E-state index is 14.4. The van der Waals surface area contributed by atoms with Gasteiger partial charge in [-0.1, -0.05) is 6.92 Å². The van der Waals surface area contributed by atoms with E-state index in [1.54, 1.807) is 6.07 Å². The SMILES string of the molecule is C[CH][C@H](C)Oc1cc2sc(-c3cc(C)cc4cc(OC(F)F)cnc34)nc2cc1F. The maximum Gasteiger partial charge on any atom is 0.387 e. The van der Waals surface area contributed by atoms with E-state index in [2.05, 4.69) is 14.7 Å². The van der Waals surface area contributed by atoms with Gasteiger partial charge in [-0.2, -0.15) is 8.78 Å². The van der Waals surface area contributed by atoms with Gasteiger partial charge in [0.05, 0.1) is 28.0 Å². The summed E-state index contributed by atoms with van der Waals surface area (Å²) in [5.41, 5.74) is 2.77. The zero-order valence-electron chi connectivity index (χ0n) is 16.4. The van der Waals surface area contributed by atoms with Gasteiger partial charge in [0.15, 0.2) is 11.6 Å². The molecular formula is C22H18F3N2O2S. The summed E-state index contributed by atoms with van der Waals surface area (Å²) in [5.74, 6) is -0.317. The van der Waals surface area contributed by atoms with Crippen molar-refractivity contribution in [1.82, 2.24) is 9.97 Å². The van der Waals surface area contributed by atoms with Crippen molar-refractivity contribution in [2.45, 2.75) is 33.5 Å². The van der Waals surface area contributed by atoms with Crippen molar-refractivity contribution in [2.24, 2.45) is 0 Å². The molecule has 4 nitrogen and oxygen atoms in total. The third-order valence-electron chi connectivity index (χ3n) is 4.58. The molecule has 0 spiro atoms. The minimum atomic E-state index is -2.92. The first-order valence-electron chi connectivity index (χ1n) is 9.26. The van der Waals surface area contributed by atoms with E-state index in [4.69, 9.17) is 4.74 Å². The Labute approximate surface area is 175 Å². The van der Waals surface area contributed by atoms with E-state index in [-0.39, 0.29) is 17.6 Å². The second-order valence-corrected chi connectivity index (χ2v) is 7.89. The van der Waals surface area contributed by atoms with E-state index < -0.39 is 12.4 Å². The number of pyridine rings is 1.